The molecule has 2 aromatic carbocycles. The van der Waals surface area contributed by atoms with Crippen LogP contribution in [-0.4, -0.2) is 6.04 Å². The maximum absolute atomic E-state index is 14.5. The smallest absolute Gasteiger partial charge is 0.169 e. The highest BCUT2D eigenvalue weighted by Gasteiger charge is 2.31. The molecular formula is C15H15ClFN3. The summed E-state index contributed by atoms with van der Waals surface area (Å²) in [4.78, 5) is 1.89. The molecule has 0 aromatic heterocycles. The van der Waals surface area contributed by atoms with E-state index in [1.165, 1.54) is 11.6 Å². The van der Waals surface area contributed by atoms with Gasteiger partial charge in [-0.05, 0) is 31.0 Å². The molecule has 0 bridgehead atoms. The molecule has 104 valence electrons. The average Bonchev–Trinajstić information content (AvgIpc) is 2.73. The molecule has 1 aliphatic rings. The predicted octanol–water partition coefficient (Wildman–Crippen LogP) is 3.73. The number of nitrogen functional groups attached to an aromatic ring is 2. The molecule has 0 fully saturated rings. The number of halogens is 2. The fourth-order valence-corrected chi connectivity index (χ4v) is 2.95. The lowest BCUT2D eigenvalue weighted by Gasteiger charge is -2.27. The molecule has 0 amide bonds. The number of benzene rings is 2. The number of para-hydroxylation sites is 1. The van der Waals surface area contributed by atoms with Crippen molar-refractivity contribution in [3.8, 4) is 0 Å². The van der Waals surface area contributed by atoms with Gasteiger partial charge in [0.25, 0.3) is 0 Å². The van der Waals surface area contributed by atoms with Crippen molar-refractivity contribution in [3.63, 3.8) is 0 Å². The Morgan fingerprint density at radius 1 is 1.25 bits per heavy atom. The van der Waals surface area contributed by atoms with Gasteiger partial charge in [-0.2, -0.15) is 0 Å². The topological polar surface area (TPSA) is 55.3 Å². The number of rotatable bonds is 1. The van der Waals surface area contributed by atoms with Gasteiger partial charge in [0.1, 0.15) is 10.7 Å². The van der Waals surface area contributed by atoms with Crippen LogP contribution in [0, 0.1) is 5.82 Å². The number of anilines is 4. The van der Waals surface area contributed by atoms with E-state index in [4.69, 9.17) is 23.1 Å². The summed E-state index contributed by atoms with van der Waals surface area (Å²) in [6.45, 7) is 2.03. The summed E-state index contributed by atoms with van der Waals surface area (Å²) in [7, 11) is 0. The van der Waals surface area contributed by atoms with Crippen molar-refractivity contribution in [1.82, 2.24) is 0 Å². The van der Waals surface area contributed by atoms with E-state index in [0.717, 1.165) is 12.1 Å². The van der Waals surface area contributed by atoms with Crippen LogP contribution in [0.4, 0.5) is 27.1 Å². The lowest BCUT2D eigenvalue weighted by Crippen LogP contribution is -2.26. The van der Waals surface area contributed by atoms with Crippen LogP contribution in [0.25, 0.3) is 0 Å². The summed E-state index contributed by atoms with van der Waals surface area (Å²) in [6, 6.07) is 9.53. The van der Waals surface area contributed by atoms with Crippen LogP contribution in [0.15, 0.2) is 30.3 Å². The third kappa shape index (κ3) is 1.79. The van der Waals surface area contributed by atoms with Gasteiger partial charge in [0.15, 0.2) is 5.82 Å². The maximum atomic E-state index is 14.5. The van der Waals surface area contributed by atoms with E-state index >= 15 is 0 Å². The standard InChI is InChI=1S/C15H15ClFN3/c1-8-6-9-4-2-3-5-12(9)20(8)15-11(19)7-10(18)13(16)14(15)17/h2-5,7-8H,6,18-19H2,1H3. The zero-order chi connectivity index (χ0) is 14.4. The quantitative estimate of drug-likeness (QED) is 0.787. The summed E-state index contributed by atoms with van der Waals surface area (Å²) >= 11 is 5.93. The van der Waals surface area contributed by atoms with Crippen molar-refractivity contribution in [2.75, 3.05) is 16.4 Å². The SMILES string of the molecule is CC1Cc2ccccc2N1c1c(N)cc(N)c(Cl)c1F. The van der Waals surface area contributed by atoms with E-state index in [1.807, 2.05) is 36.1 Å². The van der Waals surface area contributed by atoms with Crippen molar-refractivity contribution in [2.45, 2.75) is 19.4 Å². The van der Waals surface area contributed by atoms with Gasteiger partial charge in [0.05, 0.1) is 11.4 Å². The molecule has 3 rings (SSSR count). The van der Waals surface area contributed by atoms with E-state index in [1.54, 1.807) is 0 Å². The summed E-state index contributed by atoms with van der Waals surface area (Å²) in [5.41, 5.74) is 14.5. The fourth-order valence-electron chi connectivity index (χ4n) is 2.81. The molecule has 0 aliphatic carbocycles. The second kappa shape index (κ2) is 4.56. The minimum Gasteiger partial charge on any atom is -0.397 e. The minimum absolute atomic E-state index is 0.0780. The third-order valence-electron chi connectivity index (χ3n) is 3.69. The van der Waals surface area contributed by atoms with Crippen LogP contribution in [0.1, 0.15) is 12.5 Å². The molecule has 1 unspecified atom stereocenters. The van der Waals surface area contributed by atoms with Crippen molar-refractivity contribution in [2.24, 2.45) is 0 Å². The van der Waals surface area contributed by atoms with Crippen LogP contribution < -0.4 is 16.4 Å². The first kappa shape index (κ1) is 13.1. The third-order valence-corrected chi connectivity index (χ3v) is 4.07. The van der Waals surface area contributed by atoms with Crippen molar-refractivity contribution < 1.29 is 4.39 Å². The van der Waals surface area contributed by atoms with Crippen LogP contribution in [0.2, 0.25) is 5.02 Å². The van der Waals surface area contributed by atoms with Gasteiger partial charge in [-0.15, -0.1) is 0 Å². The second-order valence-electron chi connectivity index (χ2n) is 5.08. The molecule has 2 aromatic rings. The highest BCUT2D eigenvalue weighted by molar-refractivity contribution is 6.33. The monoisotopic (exact) mass is 291 g/mol. The van der Waals surface area contributed by atoms with Crippen molar-refractivity contribution in [3.05, 3.63) is 46.7 Å². The lowest BCUT2D eigenvalue weighted by molar-refractivity contribution is 0.620. The molecule has 4 N–H and O–H groups in total. The van der Waals surface area contributed by atoms with Gasteiger partial charge < -0.3 is 16.4 Å². The number of hydrogen-bond acceptors (Lipinski definition) is 3. The van der Waals surface area contributed by atoms with Gasteiger partial charge in [-0.25, -0.2) is 4.39 Å². The number of nitrogens with zero attached hydrogens (tertiary/aromatic N) is 1. The van der Waals surface area contributed by atoms with Gasteiger partial charge in [0, 0.05) is 11.7 Å². The van der Waals surface area contributed by atoms with Crippen molar-refractivity contribution in [1.29, 1.82) is 0 Å². The first-order valence-electron chi connectivity index (χ1n) is 6.40. The molecule has 0 saturated carbocycles. The second-order valence-corrected chi connectivity index (χ2v) is 5.46. The van der Waals surface area contributed by atoms with Crippen LogP contribution in [0.3, 0.4) is 0 Å². The van der Waals surface area contributed by atoms with Crippen LogP contribution >= 0.6 is 11.6 Å². The molecule has 1 atom stereocenters. The largest absolute Gasteiger partial charge is 0.397 e. The van der Waals surface area contributed by atoms with Gasteiger partial charge >= 0.3 is 0 Å². The predicted molar refractivity (Wildman–Crippen MR) is 82.0 cm³/mol. The molecule has 0 spiro atoms. The first-order chi connectivity index (χ1) is 9.50. The Morgan fingerprint density at radius 3 is 2.70 bits per heavy atom. The normalized spacial score (nSPS) is 17.4. The van der Waals surface area contributed by atoms with Gasteiger partial charge in [-0.1, -0.05) is 29.8 Å². The Morgan fingerprint density at radius 2 is 1.95 bits per heavy atom. The minimum atomic E-state index is -0.562. The highest BCUT2D eigenvalue weighted by atomic mass is 35.5. The molecule has 1 aliphatic heterocycles. The molecule has 0 radical (unpaired) electrons. The summed E-state index contributed by atoms with van der Waals surface area (Å²) in [5.74, 6) is -0.562. The fraction of sp³-hybridized carbons (Fsp3) is 0.200. The van der Waals surface area contributed by atoms with Gasteiger partial charge in [0.2, 0.25) is 0 Å². The molecular weight excluding hydrogens is 277 g/mol. The number of hydrogen-bond donors (Lipinski definition) is 2. The molecule has 5 heteroatoms. The van der Waals surface area contributed by atoms with E-state index in [2.05, 4.69) is 0 Å². The van der Waals surface area contributed by atoms with Crippen LogP contribution in [0.5, 0.6) is 0 Å². The maximum Gasteiger partial charge on any atom is 0.169 e. The Hall–Kier alpha value is -1.94. The summed E-state index contributed by atoms with van der Waals surface area (Å²) in [5, 5.41) is -0.0780. The Bertz CT molecular complexity index is 687. The number of fused-ring (bicyclic) bond motifs is 1. The van der Waals surface area contributed by atoms with E-state index in [-0.39, 0.29) is 16.8 Å². The first-order valence-corrected chi connectivity index (χ1v) is 6.78. The van der Waals surface area contributed by atoms with Gasteiger partial charge in [-0.3, -0.25) is 0 Å². The molecule has 3 nitrogen and oxygen atoms in total. The van der Waals surface area contributed by atoms with E-state index in [9.17, 15) is 4.39 Å². The zero-order valence-corrected chi connectivity index (χ0v) is 11.8. The van der Waals surface area contributed by atoms with E-state index < -0.39 is 5.82 Å². The summed E-state index contributed by atoms with van der Waals surface area (Å²) < 4.78 is 14.5. The summed E-state index contributed by atoms with van der Waals surface area (Å²) in [6.07, 6.45) is 0.844. The molecule has 1 heterocycles. The Balaban J connectivity index is 2.22. The Labute approximate surface area is 121 Å². The zero-order valence-electron chi connectivity index (χ0n) is 11.0. The van der Waals surface area contributed by atoms with Crippen LogP contribution in [-0.2, 0) is 6.42 Å². The molecule has 0 saturated heterocycles. The number of nitrogens with two attached hydrogens (primary N) is 2. The van der Waals surface area contributed by atoms with E-state index in [0.29, 0.717) is 11.4 Å². The van der Waals surface area contributed by atoms with Crippen molar-refractivity contribution >= 4 is 34.4 Å². The lowest BCUT2D eigenvalue weighted by atomic mass is 10.1. The molecule has 20 heavy (non-hydrogen) atoms. The Kier molecular flexibility index (Phi) is 2.98. The highest BCUT2D eigenvalue weighted by Crippen LogP contribution is 2.44. The average molecular weight is 292 g/mol.